The number of rotatable bonds is 4. The molecule has 1 aromatic heterocycles. The summed E-state index contributed by atoms with van der Waals surface area (Å²) in [5, 5.41) is 6.52. The summed E-state index contributed by atoms with van der Waals surface area (Å²) in [5.74, 6) is 0.0727. The van der Waals surface area contributed by atoms with E-state index < -0.39 is 0 Å². The quantitative estimate of drug-likeness (QED) is 0.870. The van der Waals surface area contributed by atoms with Gasteiger partial charge in [-0.05, 0) is 54.3 Å². The molecular formula is C22H24N4O. The fourth-order valence-electron chi connectivity index (χ4n) is 3.67. The molecule has 1 aromatic carbocycles. The van der Waals surface area contributed by atoms with E-state index in [4.69, 9.17) is 0 Å². The van der Waals surface area contributed by atoms with E-state index in [0.29, 0.717) is 13.0 Å². The molecule has 5 heteroatoms. The number of allylic oxidation sites excluding steroid dienone is 2. The van der Waals surface area contributed by atoms with Crippen molar-refractivity contribution < 1.29 is 4.79 Å². The number of hydrogen-bond donors (Lipinski definition) is 2. The van der Waals surface area contributed by atoms with Crippen LogP contribution in [0.25, 0.3) is 5.57 Å². The molecule has 0 saturated carbocycles. The number of aryl methyl sites for hydroxylation is 1. The fraction of sp³-hybridized carbons (Fsp3) is 0.273. The summed E-state index contributed by atoms with van der Waals surface area (Å²) < 4.78 is 0. The Kier molecular flexibility index (Phi) is 4.67. The number of amides is 1. The van der Waals surface area contributed by atoms with Gasteiger partial charge in [0.2, 0.25) is 5.91 Å². The molecular weight excluding hydrogens is 336 g/mol. The molecule has 0 fully saturated rings. The summed E-state index contributed by atoms with van der Waals surface area (Å²) in [5.41, 5.74) is 7.69. The maximum absolute atomic E-state index is 11.9. The van der Waals surface area contributed by atoms with Crippen LogP contribution in [-0.4, -0.2) is 29.4 Å². The summed E-state index contributed by atoms with van der Waals surface area (Å²) in [6.07, 6.45) is 7.51. The summed E-state index contributed by atoms with van der Waals surface area (Å²) in [7, 11) is 2.09. The Labute approximate surface area is 159 Å². The molecule has 0 saturated heterocycles. The number of likely N-dealkylation sites (N-methyl/N-ethyl adjacent to an activating group) is 1. The number of nitrogens with one attached hydrogen (secondary N) is 2. The highest BCUT2D eigenvalue weighted by molar-refractivity contribution is 5.98. The van der Waals surface area contributed by atoms with Crippen LogP contribution in [0.5, 0.6) is 0 Å². The molecule has 1 amide bonds. The number of hydrogen-bond acceptors (Lipinski definition) is 4. The first-order valence-electron chi connectivity index (χ1n) is 9.28. The molecule has 2 N–H and O–H groups in total. The van der Waals surface area contributed by atoms with E-state index in [1.165, 1.54) is 22.3 Å². The van der Waals surface area contributed by atoms with Gasteiger partial charge in [-0.2, -0.15) is 0 Å². The van der Waals surface area contributed by atoms with Gasteiger partial charge in [0.15, 0.2) is 0 Å². The van der Waals surface area contributed by atoms with Crippen LogP contribution < -0.4 is 10.6 Å². The maximum Gasteiger partial charge on any atom is 0.224 e. The Bertz CT molecular complexity index is 931. The normalized spacial score (nSPS) is 16.2. The zero-order valence-electron chi connectivity index (χ0n) is 15.7. The second-order valence-corrected chi connectivity index (χ2v) is 7.27. The van der Waals surface area contributed by atoms with E-state index in [-0.39, 0.29) is 5.91 Å². The molecule has 2 aliphatic heterocycles. The molecule has 0 bridgehead atoms. The van der Waals surface area contributed by atoms with Crippen LogP contribution in [0.3, 0.4) is 0 Å². The smallest absolute Gasteiger partial charge is 0.224 e. The van der Waals surface area contributed by atoms with E-state index in [1.807, 2.05) is 18.2 Å². The second-order valence-electron chi connectivity index (χ2n) is 7.27. The van der Waals surface area contributed by atoms with Crippen molar-refractivity contribution in [2.45, 2.75) is 26.3 Å². The third-order valence-corrected chi connectivity index (χ3v) is 4.89. The van der Waals surface area contributed by atoms with Gasteiger partial charge in [-0.1, -0.05) is 17.7 Å². The maximum atomic E-state index is 11.9. The summed E-state index contributed by atoms with van der Waals surface area (Å²) in [4.78, 5) is 18.5. The minimum Gasteiger partial charge on any atom is -0.378 e. The number of anilines is 2. The van der Waals surface area contributed by atoms with Crippen molar-refractivity contribution in [2.75, 3.05) is 24.2 Å². The Morgan fingerprint density at radius 3 is 2.93 bits per heavy atom. The predicted octanol–water partition coefficient (Wildman–Crippen LogP) is 3.81. The van der Waals surface area contributed by atoms with Crippen molar-refractivity contribution in [1.82, 2.24) is 9.88 Å². The van der Waals surface area contributed by atoms with Crippen molar-refractivity contribution in [3.8, 4) is 0 Å². The van der Waals surface area contributed by atoms with Crippen molar-refractivity contribution in [3.05, 3.63) is 71.2 Å². The Morgan fingerprint density at radius 1 is 1.26 bits per heavy atom. The highest BCUT2D eigenvalue weighted by atomic mass is 16.1. The topological polar surface area (TPSA) is 57.3 Å². The molecule has 27 heavy (non-hydrogen) atoms. The third-order valence-electron chi connectivity index (χ3n) is 4.89. The first-order chi connectivity index (χ1) is 13.1. The van der Waals surface area contributed by atoms with Crippen LogP contribution in [0.2, 0.25) is 0 Å². The third kappa shape index (κ3) is 3.87. The van der Waals surface area contributed by atoms with Crippen LogP contribution in [0.1, 0.15) is 30.2 Å². The zero-order valence-corrected chi connectivity index (χ0v) is 15.7. The number of nitrogens with zero attached hydrogens (tertiary/aromatic N) is 2. The number of pyridine rings is 1. The van der Waals surface area contributed by atoms with Gasteiger partial charge in [0.1, 0.15) is 0 Å². The zero-order chi connectivity index (χ0) is 18.8. The lowest BCUT2D eigenvalue weighted by atomic mass is 9.94. The lowest BCUT2D eigenvalue weighted by molar-refractivity contribution is -0.116. The minimum absolute atomic E-state index is 0.0727. The Morgan fingerprint density at radius 2 is 2.15 bits per heavy atom. The van der Waals surface area contributed by atoms with Crippen LogP contribution in [-0.2, 0) is 17.8 Å². The largest absolute Gasteiger partial charge is 0.378 e. The van der Waals surface area contributed by atoms with Crippen LogP contribution in [0.15, 0.2) is 54.4 Å². The van der Waals surface area contributed by atoms with Gasteiger partial charge < -0.3 is 15.5 Å². The van der Waals surface area contributed by atoms with E-state index in [2.05, 4.69) is 58.9 Å². The van der Waals surface area contributed by atoms with Crippen molar-refractivity contribution in [2.24, 2.45) is 0 Å². The molecule has 4 rings (SSSR count). The molecule has 0 spiro atoms. The molecule has 5 nitrogen and oxygen atoms in total. The first-order valence-corrected chi connectivity index (χ1v) is 9.28. The van der Waals surface area contributed by atoms with Crippen molar-refractivity contribution >= 4 is 22.9 Å². The van der Waals surface area contributed by atoms with Crippen molar-refractivity contribution in [3.63, 3.8) is 0 Å². The second kappa shape index (κ2) is 7.27. The van der Waals surface area contributed by atoms with E-state index in [0.717, 1.165) is 30.0 Å². The van der Waals surface area contributed by atoms with Gasteiger partial charge in [0.25, 0.3) is 0 Å². The highest BCUT2D eigenvalue weighted by Gasteiger charge is 2.20. The van der Waals surface area contributed by atoms with E-state index >= 15 is 0 Å². The molecule has 0 atom stereocenters. The molecule has 0 aliphatic carbocycles. The molecule has 0 radical (unpaired) electrons. The SMILES string of the molecule is CC1=CC(c2cc3c(c(NCc4ccccn4)c2)NC(=O)CC3)=CN(C)C1. The average molecular weight is 360 g/mol. The fourth-order valence-corrected chi connectivity index (χ4v) is 3.67. The number of carbonyl (C=O) groups is 1. The van der Waals surface area contributed by atoms with Gasteiger partial charge in [0, 0.05) is 32.4 Å². The molecule has 2 aliphatic rings. The summed E-state index contributed by atoms with van der Waals surface area (Å²) >= 11 is 0. The van der Waals surface area contributed by atoms with Gasteiger partial charge in [0.05, 0.1) is 23.6 Å². The van der Waals surface area contributed by atoms with Crippen LogP contribution in [0.4, 0.5) is 11.4 Å². The average Bonchev–Trinajstić information content (AvgIpc) is 2.66. The van der Waals surface area contributed by atoms with Gasteiger partial charge in [-0.25, -0.2) is 0 Å². The lowest BCUT2D eigenvalue weighted by Gasteiger charge is -2.25. The van der Waals surface area contributed by atoms with E-state index in [9.17, 15) is 4.79 Å². The number of benzene rings is 1. The first kappa shape index (κ1) is 17.3. The van der Waals surface area contributed by atoms with Gasteiger partial charge >= 0.3 is 0 Å². The highest BCUT2D eigenvalue weighted by Crippen LogP contribution is 2.36. The summed E-state index contributed by atoms with van der Waals surface area (Å²) in [6.45, 7) is 3.72. The number of carbonyl (C=O) groups excluding carboxylic acids is 1. The number of fused-ring (bicyclic) bond motifs is 1. The Balaban J connectivity index is 1.71. The molecule has 3 heterocycles. The molecule has 2 aromatic rings. The van der Waals surface area contributed by atoms with Gasteiger partial charge in [-0.3, -0.25) is 9.78 Å². The van der Waals surface area contributed by atoms with Crippen LogP contribution >= 0.6 is 0 Å². The minimum atomic E-state index is 0.0727. The van der Waals surface area contributed by atoms with Crippen LogP contribution in [0, 0.1) is 0 Å². The molecule has 138 valence electrons. The summed E-state index contributed by atoms with van der Waals surface area (Å²) in [6, 6.07) is 10.2. The lowest BCUT2D eigenvalue weighted by Crippen LogP contribution is -2.21. The predicted molar refractivity (Wildman–Crippen MR) is 109 cm³/mol. The Hall–Kier alpha value is -3.08. The number of aromatic nitrogens is 1. The standard InChI is InChI=1S/C22H24N4O/c1-15-9-18(14-26(2)13-15)17-10-16-6-7-21(27)25-22(16)20(11-17)24-12-19-5-3-4-8-23-19/h3-5,8-11,14,24H,6-7,12-13H2,1-2H3,(H,25,27). The van der Waals surface area contributed by atoms with E-state index in [1.54, 1.807) is 6.20 Å². The van der Waals surface area contributed by atoms with Crippen molar-refractivity contribution in [1.29, 1.82) is 0 Å². The monoisotopic (exact) mass is 360 g/mol. The molecule has 0 unspecified atom stereocenters. The van der Waals surface area contributed by atoms with Gasteiger partial charge in [-0.15, -0.1) is 0 Å².